The summed E-state index contributed by atoms with van der Waals surface area (Å²) in [4.78, 5) is 23.2. The molecule has 0 amide bonds. The van der Waals surface area contributed by atoms with Crippen LogP contribution in [0.2, 0.25) is 0 Å². The van der Waals surface area contributed by atoms with Crippen LogP contribution < -0.4 is 9.47 Å². The molecule has 1 heterocycles. The maximum atomic E-state index is 12.3. The lowest BCUT2D eigenvalue weighted by atomic mass is 9.97. The average molecular weight is 292 g/mol. The fourth-order valence-electron chi connectivity index (χ4n) is 2.41. The highest BCUT2D eigenvalue weighted by Crippen LogP contribution is 2.36. The Morgan fingerprint density at radius 2 is 2.19 bits per heavy atom. The van der Waals surface area contributed by atoms with Gasteiger partial charge in [0.25, 0.3) is 0 Å². The number of fused-ring (bicyclic) bond motifs is 1. The van der Waals surface area contributed by atoms with Crippen molar-refractivity contribution in [2.45, 2.75) is 39.7 Å². The van der Waals surface area contributed by atoms with Gasteiger partial charge >= 0.3 is 5.97 Å². The molecule has 1 aromatic rings. The number of Topliss-reactive ketones (excluding diaryl/α,β-unsaturated/α-hetero) is 1. The molecule has 0 fully saturated rings. The maximum absolute atomic E-state index is 12.3. The largest absolute Gasteiger partial charge is 0.493 e. The van der Waals surface area contributed by atoms with Gasteiger partial charge in [-0.1, -0.05) is 6.92 Å². The van der Waals surface area contributed by atoms with E-state index in [0.29, 0.717) is 23.7 Å². The summed E-state index contributed by atoms with van der Waals surface area (Å²) in [6.07, 6.45) is 0.817. The van der Waals surface area contributed by atoms with Crippen molar-refractivity contribution in [3.63, 3.8) is 0 Å². The molecule has 0 bridgehead atoms. The normalized spacial score (nSPS) is 17.8. The van der Waals surface area contributed by atoms with Gasteiger partial charge in [-0.3, -0.25) is 9.59 Å². The van der Waals surface area contributed by atoms with Crippen molar-refractivity contribution in [2.75, 3.05) is 6.61 Å². The molecule has 0 aromatic heterocycles. The number of aliphatic carboxylic acids is 1. The summed E-state index contributed by atoms with van der Waals surface area (Å²) in [5.41, 5.74) is 1.42. The topological polar surface area (TPSA) is 72.8 Å². The molecule has 114 valence electrons. The van der Waals surface area contributed by atoms with E-state index in [2.05, 4.69) is 0 Å². The maximum Gasteiger partial charge on any atom is 0.306 e. The standard InChI is InChI=1S/C16H20O5/c1-4-20-15-7-11-6-10(3)21-14(11)8-12(15)13(17)5-9(2)16(18)19/h7-10H,4-6H2,1-3H3,(H,18,19). The van der Waals surface area contributed by atoms with Gasteiger partial charge in [0.15, 0.2) is 5.78 Å². The molecule has 2 unspecified atom stereocenters. The van der Waals surface area contributed by atoms with Crippen LogP contribution in [0.25, 0.3) is 0 Å². The van der Waals surface area contributed by atoms with Crippen LogP contribution >= 0.6 is 0 Å². The van der Waals surface area contributed by atoms with Gasteiger partial charge in [-0.25, -0.2) is 0 Å². The van der Waals surface area contributed by atoms with Gasteiger partial charge < -0.3 is 14.6 Å². The van der Waals surface area contributed by atoms with Gasteiger partial charge in [-0.15, -0.1) is 0 Å². The second-order valence-electron chi connectivity index (χ2n) is 5.39. The molecule has 5 heteroatoms. The fourth-order valence-corrected chi connectivity index (χ4v) is 2.41. The predicted octanol–water partition coefficient (Wildman–Crippen LogP) is 2.70. The molecule has 1 aromatic carbocycles. The van der Waals surface area contributed by atoms with Crippen molar-refractivity contribution in [2.24, 2.45) is 5.92 Å². The van der Waals surface area contributed by atoms with E-state index < -0.39 is 11.9 Å². The molecule has 2 atom stereocenters. The van der Waals surface area contributed by atoms with Crippen molar-refractivity contribution in [3.8, 4) is 11.5 Å². The van der Waals surface area contributed by atoms with Crippen LogP contribution in [0.5, 0.6) is 11.5 Å². The lowest BCUT2D eigenvalue weighted by Crippen LogP contribution is -2.15. The fraction of sp³-hybridized carbons (Fsp3) is 0.500. The number of hydrogen-bond acceptors (Lipinski definition) is 4. The van der Waals surface area contributed by atoms with Crippen LogP contribution in [0.3, 0.4) is 0 Å². The summed E-state index contributed by atoms with van der Waals surface area (Å²) in [6, 6.07) is 3.52. The lowest BCUT2D eigenvalue weighted by Gasteiger charge is -2.13. The number of carbonyl (C=O) groups is 2. The van der Waals surface area contributed by atoms with E-state index >= 15 is 0 Å². The first kappa shape index (κ1) is 15.4. The number of rotatable bonds is 6. The molecule has 1 N–H and O–H groups in total. The average Bonchev–Trinajstić information content (AvgIpc) is 2.77. The number of carboxylic acids is 1. The molecular formula is C16H20O5. The van der Waals surface area contributed by atoms with Gasteiger partial charge in [0.05, 0.1) is 18.1 Å². The molecular weight excluding hydrogens is 272 g/mol. The van der Waals surface area contributed by atoms with Gasteiger partial charge in [-0.05, 0) is 26.0 Å². The van der Waals surface area contributed by atoms with Crippen molar-refractivity contribution in [1.29, 1.82) is 0 Å². The zero-order valence-corrected chi connectivity index (χ0v) is 12.5. The first-order chi connectivity index (χ1) is 9.92. The Labute approximate surface area is 123 Å². The molecule has 2 rings (SSSR count). The molecule has 1 aliphatic heterocycles. The Morgan fingerprint density at radius 1 is 1.48 bits per heavy atom. The highest BCUT2D eigenvalue weighted by Gasteiger charge is 2.26. The molecule has 21 heavy (non-hydrogen) atoms. The minimum absolute atomic E-state index is 0.0518. The second-order valence-corrected chi connectivity index (χ2v) is 5.39. The Hall–Kier alpha value is -2.04. The smallest absolute Gasteiger partial charge is 0.306 e. The van der Waals surface area contributed by atoms with Crippen molar-refractivity contribution in [1.82, 2.24) is 0 Å². The number of ketones is 1. The molecule has 0 saturated carbocycles. The highest BCUT2D eigenvalue weighted by molar-refractivity contribution is 6.00. The van der Waals surface area contributed by atoms with Gasteiger partial charge in [0.2, 0.25) is 0 Å². The van der Waals surface area contributed by atoms with Crippen molar-refractivity contribution >= 4 is 11.8 Å². The van der Waals surface area contributed by atoms with E-state index in [0.717, 1.165) is 12.0 Å². The van der Waals surface area contributed by atoms with E-state index in [9.17, 15) is 9.59 Å². The van der Waals surface area contributed by atoms with E-state index in [4.69, 9.17) is 14.6 Å². The minimum Gasteiger partial charge on any atom is -0.493 e. The third-order valence-electron chi connectivity index (χ3n) is 3.51. The zero-order valence-electron chi connectivity index (χ0n) is 12.5. The SMILES string of the molecule is CCOc1cc2c(cc1C(=O)CC(C)C(=O)O)OC(C)C2. The van der Waals surface area contributed by atoms with Crippen molar-refractivity contribution < 1.29 is 24.2 Å². The molecule has 0 aliphatic carbocycles. The Morgan fingerprint density at radius 3 is 2.81 bits per heavy atom. The summed E-state index contributed by atoms with van der Waals surface area (Å²) in [6.45, 7) is 5.78. The molecule has 0 radical (unpaired) electrons. The van der Waals surface area contributed by atoms with Crippen LogP contribution in [0.15, 0.2) is 12.1 Å². The predicted molar refractivity (Wildman–Crippen MR) is 77.2 cm³/mol. The molecule has 0 saturated heterocycles. The number of ether oxygens (including phenoxy) is 2. The van der Waals surface area contributed by atoms with E-state index in [1.54, 1.807) is 6.07 Å². The summed E-state index contributed by atoms with van der Waals surface area (Å²) >= 11 is 0. The molecule has 0 spiro atoms. The Kier molecular flexibility index (Phi) is 4.50. The second kappa shape index (κ2) is 6.16. The number of benzene rings is 1. The monoisotopic (exact) mass is 292 g/mol. The van der Waals surface area contributed by atoms with Crippen LogP contribution in [0.4, 0.5) is 0 Å². The van der Waals surface area contributed by atoms with Crippen LogP contribution in [0.1, 0.15) is 43.1 Å². The summed E-state index contributed by atoms with van der Waals surface area (Å²) in [7, 11) is 0. The first-order valence-electron chi connectivity index (χ1n) is 7.14. The highest BCUT2D eigenvalue weighted by atomic mass is 16.5. The molecule has 1 aliphatic rings. The molecule has 5 nitrogen and oxygen atoms in total. The third kappa shape index (κ3) is 3.35. The quantitative estimate of drug-likeness (QED) is 0.816. The van der Waals surface area contributed by atoms with Gasteiger partial charge in [-0.2, -0.15) is 0 Å². The van der Waals surface area contributed by atoms with Gasteiger partial charge in [0.1, 0.15) is 17.6 Å². The summed E-state index contributed by atoms with van der Waals surface area (Å²) in [5, 5.41) is 8.93. The van der Waals surface area contributed by atoms with E-state index in [1.807, 2.05) is 19.9 Å². The number of carbonyl (C=O) groups excluding carboxylic acids is 1. The van der Waals surface area contributed by atoms with E-state index in [-0.39, 0.29) is 18.3 Å². The Bertz CT molecular complexity index is 564. The number of hydrogen-bond donors (Lipinski definition) is 1. The number of carboxylic acid groups (broad SMARTS) is 1. The summed E-state index contributed by atoms with van der Waals surface area (Å²) in [5.74, 6) is -0.736. The first-order valence-corrected chi connectivity index (χ1v) is 7.14. The summed E-state index contributed by atoms with van der Waals surface area (Å²) < 4.78 is 11.2. The minimum atomic E-state index is -0.979. The van der Waals surface area contributed by atoms with Crippen LogP contribution in [-0.4, -0.2) is 29.6 Å². The Balaban J connectivity index is 2.31. The van der Waals surface area contributed by atoms with E-state index in [1.165, 1.54) is 6.92 Å². The lowest BCUT2D eigenvalue weighted by molar-refractivity contribution is -0.141. The van der Waals surface area contributed by atoms with Gasteiger partial charge in [0, 0.05) is 18.4 Å². The van der Waals surface area contributed by atoms with Crippen LogP contribution in [0, 0.1) is 5.92 Å². The zero-order chi connectivity index (χ0) is 15.6. The third-order valence-corrected chi connectivity index (χ3v) is 3.51. The van der Waals surface area contributed by atoms with Crippen molar-refractivity contribution in [3.05, 3.63) is 23.3 Å². The van der Waals surface area contributed by atoms with Crippen LogP contribution in [-0.2, 0) is 11.2 Å².